The number of rotatable bonds is 5. The van der Waals surface area contributed by atoms with Gasteiger partial charge in [0.15, 0.2) is 0 Å². The van der Waals surface area contributed by atoms with Gasteiger partial charge in [0, 0.05) is 11.3 Å². The van der Waals surface area contributed by atoms with Gasteiger partial charge in [0.2, 0.25) is 0 Å². The number of benzene rings is 1. The van der Waals surface area contributed by atoms with E-state index in [0.29, 0.717) is 0 Å². The van der Waals surface area contributed by atoms with E-state index in [1.54, 1.807) is 0 Å². The molecule has 1 heterocycles. The molecule has 2 aromatic rings. The van der Waals surface area contributed by atoms with E-state index in [-0.39, 0.29) is 12.7 Å². The van der Waals surface area contributed by atoms with Crippen LogP contribution in [-0.4, -0.2) is 15.3 Å². The van der Waals surface area contributed by atoms with E-state index in [1.807, 2.05) is 45.0 Å². The summed E-state index contributed by atoms with van der Waals surface area (Å²) in [5.74, 6) is 0.860. The fraction of sp³-hybridized carbons (Fsp3) is 0.400. The van der Waals surface area contributed by atoms with Gasteiger partial charge in [-0.2, -0.15) is 5.10 Å². The van der Waals surface area contributed by atoms with E-state index in [1.165, 1.54) is 0 Å². The molecule has 0 saturated carbocycles. The van der Waals surface area contributed by atoms with Crippen molar-refractivity contribution in [3.63, 3.8) is 0 Å². The predicted octanol–water partition coefficient (Wildman–Crippen LogP) is 3.05. The van der Waals surface area contributed by atoms with E-state index in [2.05, 4.69) is 10.2 Å². The maximum Gasteiger partial charge on any atom is 0.142 e. The lowest BCUT2D eigenvalue weighted by atomic mass is 10.1. The number of aliphatic hydroxyl groups excluding tert-OH is 1. The van der Waals surface area contributed by atoms with Crippen LogP contribution in [0, 0.1) is 13.8 Å². The number of aryl methyl sites for hydroxylation is 2. The quantitative estimate of drug-likeness (QED) is 0.868. The van der Waals surface area contributed by atoms with E-state index in [0.717, 1.165) is 34.7 Å². The monoisotopic (exact) mass is 260 g/mol. The average Bonchev–Trinajstić information content (AvgIpc) is 2.79. The Morgan fingerprint density at radius 3 is 2.68 bits per heavy atom. The number of H-pyrrole nitrogens is 1. The Labute approximate surface area is 113 Å². The van der Waals surface area contributed by atoms with Crippen molar-refractivity contribution in [2.75, 3.05) is 0 Å². The number of ether oxygens (including phenoxy) is 1. The highest BCUT2D eigenvalue weighted by Crippen LogP contribution is 2.28. The maximum absolute atomic E-state index is 9.44. The number of nitrogens with one attached hydrogen (secondary N) is 1. The van der Waals surface area contributed by atoms with Gasteiger partial charge in [0.1, 0.15) is 17.5 Å². The van der Waals surface area contributed by atoms with Crippen molar-refractivity contribution in [1.29, 1.82) is 0 Å². The molecule has 0 amide bonds. The summed E-state index contributed by atoms with van der Waals surface area (Å²) >= 11 is 0. The molecule has 4 nitrogen and oxygen atoms in total. The topological polar surface area (TPSA) is 58.1 Å². The number of hydrogen-bond donors (Lipinski definition) is 2. The summed E-state index contributed by atoms with van der Waals surface area (Å²) < 4.78 is 6.04. The van der Waals surface area contributed by atoms with E-state index < -0.39 is 0 Å². The van der Waals surface area contributed by atoms with Crippen molar-refractivity contribution in [1.82, 2.24) is 10.2 Å². The van der Waals surface area contributed by atoms with Crippen LogP contribution >= 0.6 is 0 Å². The largest absolute Gasteiger partial charge is 0.484 e. The highest BCUT2D eigenvalue weighted by atomic mass is 16.5. The first-order valence-electron chi connectivity index (χ1n) is 6.54. The van der Waals surface area contributed by atoms with Crippen molar-refractivity contribution in [3.05, 3.63) is 46.8 Å². The highest BCUT2D eigenvalue weighted by Gasteiger charge is 2.20. The molecule has 1 aromatic heterocycles. The molecule has 1 aromatic carbocycles. The SMILES string of the molecule is CCC(Oc1ccccc1C)c1n[nH]c(C)c1CO. The minimum atomic E-state index is -0.145. The normalized spacial score (nSPS) is 12.4. The minimum Gasteiger partial charge on any atom is -0.484 e. The van der Waals surface area contributed by atoms with E-state index in [4.69, 9.17) is 4.74 Å². The molecule has 0 aliphatic rings. The zero-order valence-corrected chi connectivity index (χ0v) is 11.6. The third-order valence-corrected chi connectivity index (χ3v) is 3.30. The molecule has 1 unspecified atom stereocenters. The lowest BCUT2D eigenvalue weighted by molar-refractivity contribution is 0.189. The smallest absolute Gasteiger partial charge is 0.142 e. The van der Waals surface area contributed by atoms with Crippen LogP contribution in [0.2, 0.25) is 0 Å². The number of para-hydroxylation sites is 1. The van der Waals surface area contributed by atoms with Gasteiger partial charge in [-0.3, -0.25) is 5.10 Å². The summed E-state index contributed by atoms with van der Waals surface area (Å²) in [6.45, 7) is 5.95. The summed E-state index contributed by atoms with van der Waals surface area (Å²) in [6.07, 6.45) is 0.652. The Morgan fingerprint density at radius 2 is 2.05 bits per heavy atom. The molecule has 2 rings (SSSR count). The second-order valence-corrected chi connectivity index (χ2v) is 4.65. The second kappa shape index (κ2) is 5.89. The van der Waals surface area contributed by atoms with Gasteiger partial charge < -0.3 is 9.84 Å². The van der Waals surface area contributed by atoms with Crippen LogP contribution in [-0.2, 0) is 6.61 Å². The lowest BCUT2D eigenvalue weighted by Gasteiger charge is -2.18. The van der Waals surface area contributed by atoms with E-state index in [9.17, 15) is 5.11 Å². The Bertz CT molecular complexity index is 549. The zero-order chi connectivity index (χ0) is 13.8. The number of hydrogen-bond acceptors (Lipinski definition) is 3. The minimum absolute atomic E-state index is 0.0225. The third kappa shape index (κ3) is 2.79. The lowest BCUT2D eigenvalue weighted by Crippen LogP contribution is -2.10. The fourth-order valence-electron chi connectivity index (χ4n) is 2.11. The maximum atomic E-state index is 9.44. The molecule has 2 N–H and O–H groups in total. The van der Waals surface area contributed by atoms with Gasteiger partial charge in [-0.05, 0) is 31.9 Å². The summed E-state index contributed by atoms with van der Waals surface area (Å²) in [5, 5.41) is 16.6. The van der Waals surface area contributed by atoms with Crippen LogP contribution in [0.4, 0.5) is 0 Å². The molecule has 0 bridgehead atoms. The Balaban J connectivity index is 2.28. The van der Waals surface area contributed by atoms with Crippen LogP contribution < -0.4 is 4.74 Å². The molecule has 0 fully saturated rings. The molecule has 19 heavy (non-hydrogen) atoms. The van der Waals surface area contributed by atoms with E-state index >= 15 is 0 Å². The highest BCUT2D eigenvalue weighted by molar-refractivity contribution is 5.33. The van der Waals surface area contributed by atoms with Crippen LogP contribution in [0.5, 0.6) is 5.75 Å². The van der Waals surface area contributed by atoms with Crippen molar-refractivity contribution in [3.8, 4) is 5.75 Å². The van der Waals surface area contributed by atoms with Crippen LogP contribution in [0.25, 0.3) is 0 Å². The Hall–Kier alpha value is -1.81. The van der Waals surface area contributed by atoms with Gasteiger partial charge in [-0.25, -0.2) is 0 Å². The molecular weight excluding hydrogens is 240 g/mol. The first-order valence-corrected chi connectivity index (χ1v) is 6.54. The number of aromatic nitrogens is 2. The van der Waals surface area contributed by atoms with Crippen LogP contribution in [0.1, 0.15) is 42.0 Å². The van der Waals surface area contributed by atoms with Crippen LogP contribution in [0.15, 0.2) is 24.3 Å². The van der Waals surface area contributed by atoms with Gasteiger partial charge in [0.25, 0.3) is 0 Å². The standard InChI is InChI=1S/C15H20N2O2/c1-4-13(15-12(9-18)11(3)16-17-15)19-14-8-6-5-7-10(14)2/h5-8,13,18H,4,9H2,1-3H3,(H,16,17). The molecular formula is C15H20N2O2. The van der Waals surface area contributed by atoms with Crippen molar-refractivity contribution >= 4 is 0 Å². The second-order valence-electron chi connectivity index (χ2n) is 4.65. The first-order chi connectivity index (χ1) is 9.17. The molecule has 0 spiro atoms. The molecule has 0 aliphatic heterocycles. The molecule has 0 saturated heterocycles. The third-order valence-electron chi connectivity index (χ3n) is 3.30. The van der Waals surface area contributed by atoms with Gasteiger partial charge in [-0.1, -0.05) is 25.1 Å². The zero-order valence-electron chi connectivity index (χ0n) is 11.6. The van der Waals surface area contributed by atoms with Crippen LogP contribution in [0.3, 0.4) is 0 Å². The Morgan fingerprint density at radius 1 is 1.32 bits per heavy atom. The molecule has 4 heteroatoms. The van der Waals surface area contributed by atoms with Crippen molar-refractivity contribution in [2.24, 2.45) is 0 Å². The van der Waals surface area contributed by atoms with Crippen molar-refractivity contribution in [2.45, 2.75) is 39.9 Å². The summed E-state index contributed by atoms with van der Waals surface area (Å²) in [4.78, 5) is 0. The number of nitrogens with zero attached hydrogens (tertiary/aromatic N) is 1. The summed E-state index contributed by atoms with van der Waals surface area (Å²) in [7, 11) is 0. The van der Waals surface area contributed by atoms with Crippen molar-refractivity contribution < 1.29 is 9.84 Å². The predicted molar refractivity (Wildman–Crippen MR) is 74.1 cm³/mol. The molecule has 1 atom stereocenters. The molecule has 0 radical (unpaired) electrons. The fourth-order valence-corrected chi connectivity index (χ4v) is 2.11. The average molecular weight is 260 g/mol. The van der Waals surface area contributed by atoms with Gasteiger partial charge >= 0.3 is 0 Å². The Kier molecular flexibility index (Phi) is 4.22. The first kappa shape index (κ1) is 13.6. The summed E-state index contributed by atoms with van der Waals surface area (Å²) in [5.41, 5.74) is 3.62. The van der Waals surface area contributed by atoms with Gasteiger partial charge in [-0.15, -0.1) is 0 Å². The number of aromatic amines is 1. The molecule has 102 valence electrons. The number of aliphatic hydroxyl groups is 1. The molecule has 0 aliphatic carbocycles. The van der Waals surface area contributed by atoms with Gasteiger partial charge in [0.05, 0.1) is 6.61 Å². The summed E-state index contributed by atoms with van der Waals surface area (Å²) in [6, 6.07) is 7.92.